The maximum absolute atomic E-state index is 5.97. The van der Waals surface area contributed by atoms with Crippen LogP contribution in [0, 0.1) is 0 Å². The molecule has 0 aliphatic rings. The number of anilines is 1. The topological polar surface area (TPSA) is 3.24 Å². The van der Waals surface area contributed by atoms with Gasteiger partial charge < -0.3 is 0 Å². The molecule has 62 valence electrons. The summed E-state index contributed by atoms with van der Waals surface area (Å²) >= 11 is 7.65. The molecule has 1 heterocycles. The lowest BCUT2D eigenvalue weighted by Crippen LogP contribution is -2.09. The minimum Gasteiger partial charge on any atom is -0.276 e. The molecule has 0 bridgehead atoms. The van der Waals surface area contributed by atoms with E-state index in [1.807, 2.05) is 17.5 Å². The summed E-state index contributed by atoms with van der Waals surface area (Å²) in [6, 6.07) is 4.05. The maximum atomic E-state index is 5.97. The molecule has 0 saturated heterocycles. The predicted octanol–water partition coefficient (Wildman–Crippen LogP) is 3.51. The summed E-state index contributed by atoms with van der Waals surface area (Å²) in [4.78, 5) is 0. The minimum absolute atomic E-state index is 0.943. The molecular formula is C8H12ClNS. The molecule has 0 spiro atoms. The zero-order valence-electron chi connectivity index (χ0n) is 6.59. The molecule has 0 amide bonds. The SMILES string of the molecule is CCCCN(Cl)c1cccs1. The van der Waals surface area contributed by atoms with Gasteiger partial charge in [-0.25, -0.2) is 0 Å². The lowest BCUT2D eigenvalue weighted by molar-refractivity contribution is 0.808. The van der Waals surface area contributed by atoms with Crippen molar-refractivity contribution >= 4 is 28.1 Å². The van der Waals surface area contributed by atoms with Gasteiger partial charge >= 0.3 is 0 Å². The predicted molar refractivity (Wildman–Crippen MR) is 52.4 cm³/mol. The Morgan fingerprint density at radius 1 is 1.64 bits per heavy atom. The van der Waals surface area contributed by atoms with E-state index >= 15 is 0 Å². The quantitative estimate of drug-likeness (QED) is 0.656. The Morgan fingerprint density at radius 2 is 2.45 bits per heavy atom. The maximum Gasteiger partial charge on any atom is 0.105 e. The number of nitrogens with zero attached hydrogens (tertiary/aromatic N) is 1. The van der Waals surface area contributed by atoms with Crippen LogP contribution in [0.15, 0.2) is 17.5 Å². The molecule has 0 fully saturated rings. The molecule has 0 atom stereocenters. The zero-order chi connectivity index (χ0) is 8.10. The van der Waals surface area contributed by atoms with Crippen LogP contribution in [0.5, 0.6) is 0 Å². The highest BCUT2D eigenvalue weighted by atomic mass is 35.5. The second-order valence-corrected chi connectivity index (χ2v) is 3.72. The molecule has 1 nitrogen and oxygen atoms in total. The number of rotatable bonds is 4. The van der Waals surface area contributed by atoms with E-state index in [1.165, 1.54) is 6.42 Å². The molecule has 0 unspecified atom stereocenters. The van der Waals surface area contributed by atoms with Gasteiger partial charge in [0, 0.05) is 18.3 Å². The van der Waals surface area contributed by atoms with Crippen molar-refractivity contribution in [2.45, 2.75) is 19.8 Å². The number of thiophene rings is 1. The fraction of sp³-hybridized carbons (Fsp3) is 0.500. The first-order chi connectivity index (χ1) is 5.34. The van der Waals surface area contributed by atoms with Gasteiger partial charge in [0.15, 0.2) is 0 Å². The van der Waals surface area contributed by atoms with E-state index in [2.05, 4.69) is 6.92 Å². The van der Waals surface area contributed by atoms with Crippen LogP contribution in [-0.2, 0) is 0 Å². The van der Waals surface area contributed by atoms with Gasteiger partial charge in [0.2, 0.25) is 0 Å². The third-order valence-corrected chi connectivity index (χ3v) is 2.80. The molecule has 0 aliphatic carbocycles. The highest BCUT2D eigenvalue weighted by Crippen LogP contribution is 2.22. The average Bonchev–Trinajstić information content (AvgIpc) is 2.52. The Labute approximate surface area is 76.7 Å². The standard InChI is InChI=1S/C8H12ClNS/c1-2-3-6-10(9)8-5-4-7-11-8/h4-5,7H,2-3,6H2,1H3. The van der Waals surface area contributed by atoms with Crippen LogP contribution in [0.1, 0.15) is 19.8 Å². The average molecular weight is 190 g/mol. The van der Waals surface area contributed by atoms with Crippen LogP contribution >= 0.6 is 23.1 Å². The van der Waals surface area contributed by atoms with Crippen molar-refractivity contribution in [3.63, 3.8) is 0 Å². The van der Waals surface area contributed by atoms with Crippen LogP contribution in [0.2, 0.25) is 0 Å². The molecule has 0 radical (unpaired) electrons. The first kappa shape index (κ1) is 8.88. The lowest BCUT2D eigenvalue weighted by atomic mass is 10.3. The van der Waals surface area contributed by atoms with E-state index in [1.54, 1.807) is 15.8 Å². The van der Waals surface area contributed by atoms with Crippen molar-refractivity contribution < 1.29 is 0 Å². The van der Waals surface area contributed by atoms with Gasteiger partial charge in [-0.05, 0) is 23.9 Å². The molecule has 1 aromatic heterocycles. The fourth-order valence-electron chi connectivity index (χ4n) is 0.815. The van der Waals surface area contributed by atoms with E-state index < -0.39 is 0 Å². The summed E-state index contributed by atoms with van der Waals surface area (Å²) < 4.78 is 1.79. The van der Waals surface area contributed by atoms with Crippen molar-refractivity contribution in [2.75, 3.05) is 11.0 Å². The molecule has 0 aromatic carbocycles. The second-order valence-electron chi connectivity index (χ2n) is 2.39. The van der Waals surface area contributed by atoms with Crippen molar-refractivity contribution in [2.24, 2.45) is 0 Å². The van der Waals surface area contributed by atoms with Gasteiger partial charge in [0.25, 0.3) is 0 Å². The summed E-state index contributed by atoms with van der Waals surface area (Å²) in [5, 5.41) is 3.18. The minimum atomic E-state index is 0.943. The summed E-state index contributed by atoms with van der Waals surface area (Å²) in [6.45, 7) is 3.11. The summed E-state index contributed by atoms with van der Waals surface area (Å²) in [5.74, 6) is 0. The van der Waals surface area contributed by atoms with Crippen LogP contribution in [-0.4, -0.2) is 6.54 Å². The molecule has 1 aromatic rings. The Hall–Kier alpha value is -0.210. The van der Waals surface area contributed by atoms with E-state index in [-0.39, 0.29) is 0 Å². The Balaban J connectivity index is 2.36. The normalized spacial score (nSPS) is 10.0. The van der Waals surface area contributed by atoms with Gasteiger partial charge in [0.05, 0.1) is 0 Å². The number of unbranched alkanes of at least 4 members (excludes halogenated alkanes) is 1. The second kappa shape index (κ2) is 4.62. The van der Waals surface area contributed by atoms with E-state index in [9.17, 15) is 0 Å². The van der Waals surface area contributed by atoms with Crippen LogP contribution in [0.4, 0.5) is 5.00 Å². The third kappa shape index (κ3) is 2.72. The first-order valence-electron chi connectivity index (χ1n) is 3.81. The van der Waals surface area contributed by atoms with E-state index in [0.717, 1.165) is 18.0 Å². The summed E-state index contributed by atoms with van der Waals surface area (Å²) in [6.07, 6.45) is 2.34. The van der Waals surface area contributed by atoms with Gasteiger partial charge in [-0.15, -0.1) is 11.3 Å². The molecule has 11 heavy (non-hydrogen) atoms. The molecule has 0 aliphatic heterocycles. The van der Waals surface area contributed by atoms with Crippen molar-refractivity contribution in [3.05, 3.63) is 17.5 Å². The highest BCUT2D eigenvalue weighted by molar-refractivity contribution is 7.14. The Morgan fingerprint density at radius 3 is 3.00 bits per heavy atom. The van der Waals surface area contributed by atoms with Gasteiger partial charge in [-0.3, -0.25) is 4.42 Å². The first-order valence-corrected chi connectivity index (χ1v) is 5.03. The molecule has 3 heteroatoms. The molecule has 0 N–H and O–H groups in total. The van der Waals surface area contributed by atoms with Gasteiger partial charge in [0.1, 0.15) is 5.00 Å². The van der Waals surface area contributed by atoms with Gasteiger partial charge in [-0.2, -0.15) is 0 Å². The Kier molecular flexibility index (Phi) is 3.73. The van der Waals surface area contributed by atoms with E-state index in [0.29, 0.717) is 0 Å². The monoisotopic (exact) mass is 189 g/mol. The van der Waals surface area contributed by atoms with Crippen LogP contribution in [0.25, 0.3) is 0 Å². The molecule has 0 saturated carbocycles. The van der Waals surface area contributed by atoms with Crippen LogP contribution < -0.4 is 4.42 Å². The molecule has 1 rings (SSSR count). The smallest absolute Gasteiger partial charge is 0.105 e. The summed E-state index contributed by atoms with van der Waals surface area (Å²) in [5.41, 5.74) is 0. The zero-order valence-corrected chi connectivity index (χ0v) is 8.16. The fourth-order valence-corrected chi connectivity index (χ4v) is 1.77. The van der Waals surface area contributed by atoms with Crippen molar-refractivity contribution in [1.29, 1.82) is 0 Å². The van der Waals surface area contributed by atoms with Crippen LogP contribution in [0.3, 0.4) is 0 Å². The highest BCUT2D eigenvalue weighted by Gasteiger charge is 2.01. The van der Waals surface area contributed by atoms with Crippen molar-refractivity contribution in [1.82, 2.24) is 0 Å². The van der Waals surface area contributed by atoms with E-state index in [4.69, 9.17) is 11.8 Å². The Bertz CT molecular complexity index is 186. The number of hydrogen-bond acceptors (Lipinski definition) is 2. The number of halogens is 1. The van der Waals surface area contributed by atoms with Crippen molar-refractivity contribution in [3.8, 4) is 0 Å². The summed E-state index contributed by atoms with van der Waals surface area (Å²) in [7, 11) is 0. The third-order valence-electron chi connectivity index (χ3n) is 1.45. The largest absolute Gasteiger partial charge is 0.276 e. The number of hydrogen-bond donors (Lipinski definition) is 0. The lowest BCUT2D eigenvalue weighted by Gasteiger charge is -2.11. The van der Waals surface area contributed by atoms with Gasteiger partial charge in [-0.1, -0.05) is 13.3 Å². The molecular weight excluding hydrogens is 178 g/mol.